The minimum absolute atomic E-state index is 0.386. The van der Waals surface area contributed by atoms with E-state index in [0.717, 1.165) is 0 Å². The lowest BCUT2D eigenvalue weighted by molar-refractivity contribution is -0.246. The maximum Gasteiger partial charge on any atom is 0.344 e. The Balaban J connectivity index is 2.25. The van der Waals surface area contributed by atoms with Gasteiger partial charge >= 0.3 is 8.25 Å². The molecule has 8 heteroatoms. The number of carbonyl (C=O) groups excluding carboxylic acids is 1. The molecule has 1 aliphatic carbocycles. The molecule has 1 saturated carbocycles. The summed E-state index contributed by atoms with van der Waals surface area (Å²) in [6, 6.07) is 6.85. The number of Topliss-reactive ketones (excluding diaryl/α,β-unsaturated/α-hetero) is 1. The van der Waals surface area contributed by atoms with Gasteiger partial charge in [-0.3, -0.25) is 9.36 Å². The normalized spacial score (nSPS) is 28.4. The molecule has 0 heterocycles. The molecule has 110 valence electrons. The Morgan fingerprint density at radius 1 is 1.45 bits per heavy atom. The zero-order chi connectivity index (χ0) is 14.8. The average molecular weight is 320 g/mol. The fraction of sp³-hybridized carbons (Fsp3) is 0.417. The molecule has 2 rings (SSSR count). The van der Waals surface area contributed by atoms with Crippen LogP contribution < -0.4 is 5.73 Å². The Morgan fingerprint density at radius 2 is 2.15 bits per heavy atom. The van der Waals surface area contributed by atoms with E-state index in [-0.39, 0.29) is 0 Å². The number of carbonyl (C=O) groups is 1. The number of nitrogens with two attached hydrogens (primary N) is 1. The number of ketones is 1. The van der Waals surface area contributed by atoms with E-state index >= 15 is 0 Å². The molecular weight excluding hydrogens is 305 g/mol. The second kappa shape index (κ2) is 6.35. The second-order valence-electron chi connectivity index (χ2n) is 4.64. The summed E-state index contributed by atoms with van der Waals surface area (Å²) in [4.78, 5) is 25.8. The first-order valence-electron chi connectivity index (χ1n) is 6.09. The van der Waals surface area contributed by atoms with Crippen molar-refractivity contribution in [3.8, 4) is 0 Å². The molecule has 0 bridgehead atoms. The van der Waals surface area contributed by atoms with Gasteiger partial charge in [0.25, 0.3) is 0 Å². The van der Waals surface area contributed by atoms with Gasteiger partial charge in [-0.1, -0.05) is 29.8 Å². The van der Waals surface area contributed by atoms with Crippen LogP contribution in [-0.2, 0) is 24.5 Å². The van der Waals surface area contributed by atoms with E-state index in [9.17, 15) is 9.36 Å². The van der Waals surface area contributed by atoms with Crippen LogP contribution in [-0.4, -0.2) is 16.8 Å². The Morgan fingerprint density at radius 3 is 2.80 bits per heavy atom. The summed E-state index contributed by atoms with van der Waals surface area (Å²) in [5.41, 5.74) is 5.48. The Kier molecular flexibility index (Phi) is 4.96. The highest BCUT2D eigenvalue weighted by Crippen LogP contribution is 2.37. The molecule has 20 heavy (non-hydrogen) atoms. The van der Waals surface area contributed by atoms with Gasteiger partial charge in [-0.25, -0.2) is 4.89 Å². The van der Waals surface area contributed by atoms with Crippen molar-refractivity contribution in [2.75, 3.05) is 0 Å². The minimum Gasteiger partial charge on any atom is -0.325 e. The molecule has 0 aromatic heterocycles. The van der Waals surface area contributed by atoms with Gasteiger partial charge in [0.2, 0.25) is 0 Å². The third kappa shape index (κ3) is 3.11. The second-order valence-corrected chi connectivity index (χ2v) is 5.75. The maximum atomic E-state index is 12.5. The summed E-state index contributed by atoms with van der Waals surface area (Å²) in [7, 11) is -3.26. The molecular formula is C12H15ClNO5P. The molecule has 3 atom stereocenters. The zero-order valence-electron chi connectivity index (χ0n) is 10.5. The lowest BCUT2D eigenvalue weighted by Crippen LogP contribution is -2.53. The summed E-state index contributed by atoms with van der Waals surface area (Å²) in [6.45, 7) is 0. The molecule has 1 fully saturated rings. The molecule has 1 unspecified atom stereocenters. The Hall–Kier alpha value is -0.750. The topological polar surface area (TPSA) is 98.8 Å². The predicted molar refractivity (Wildman–Crippen MR) is 73.4 cm³/mol. The number of benzene rings is 1. The first kappa shape index (κ1) is 15.6. The molecule has 0 spiro atoms. The number of rotatable bonds is 4. The number of hydrogen-bond acceptors (Lipinski definition) is 5. The lowest BCUT2D eigenvalue weighted by atomic mass is 9.75. The molecule has 0 saturated heterocycles. The molecule has 0 radical (unpaired) electrons. The van der Waals surface area contributed by atoms with E-state index in [1.807, 2.05) is 0 Å². The van der Waals surface area contributed by atoms with Crippen LogP contribution in [0.4, 0.5) is 0 Å². The van der Waals surface area contributed by atoms with Crippen LogP contribution in [0.2, 0.25) is 5.02 Å². The molecule has 6 nitrogen and oxygen atoms in total. The van der Waals surface area contributed by atoms with Gasteiger partial charge in [-0.2, -0.15) is 4.67 Å². The fourth-order valence-corrected chi connectivity index (χ4v) is 2.89. The van der Waals surface area contributed by atoms with E-state index in [0.29, 0.717) is 29.8 Å². The van der Waals surface area contributed by atoms with Crippen molar-refractivity contribution in [2.45, 2.75) is 30.9 Å². The van der Waals surface area contributed by atoms with Crippen LogP contribution in [0.15, 0.2) is 24.3 Å². The molecule has 3 N–H and O–H groups in total. The monoisotopic (exact) mass is 319 g/mol. The van der Waals surface area contributed by atoms with Crippen molar-refractivity contribution in [1.29, 1.82) is 0 Å². The quantitative estimate of drug-likeness (QED) is 0.500. The Bertz CT molecular complexity index is 540. The summed E-state index contributed by atoms with van der Waals surface area (Å²) in [5.74, 6) is -0.403. The summed E-state index contributed by atoms with van der Waals surface area (Å²) in [6.07, 6.45) is 0.473. The van der Waals surface area contributed by atoms with Crippen molar-refractivity contribution >= 4 is 25.6 Å². The molecule has 1 aliphatic rings. The van der Waals surface area contributed by atoms with Crippen LogP contribution in [0.25, 0.3) is 0 Å². The van der Waals surface area contributed by atoms with Crippen LogP contribution in [0, 0.1) is 0 Å². The minimum atomic E-state index is -3.26. The molecule has 0 amide bonds. The largest absolute Gasteiger partial charge is 0.344 e. The van der Waals surface area contributed by atoms with E-state index in [1.54, 1.807) is 24.3 Å². The van der Waals surface area contributed by atoms with E-state index in [4.69, 9.17) is 27.1 Å². The van der Waals surface area contributed by atoms with Crippen LogP contribution in [0.3, 0.4) is 0 Å². The smallest absolute Gasteiger partial charge is 0.325 e. The number of halogens is 1. The average Bonchev–Trinajstić information content (AvgIpc) is 2.41. The summed E-state index contributed by atoms with van der Waals surface area (Å²) in [5, 5.41) is 0.403. The first-order valence-corrected chi connectivity index (χ1v) is 7.74. The third-order valence-corrected chi connectivity index (χ3v) is 3.93. The standard InChI is InChI=1S/C12H15ClNO5P/c13-9-5-2-1-4-8(9)12(14)7-3-6-10(11(12)15)18-19-20(16)17/h1-2,4-5,10,20H,3,6-7,14H2,(H,16,17)/t10-,12-/m1/s1. The lowest BCUT2D eigenvalue weighted by Gasteiger charge is -2.36. The van der Waals surface area contributed by atoms with Gasteiger partial charge in [-0.15, -0.1) is 0 Å². The van der Waals surface area contributed by atoms with Gasteiger partial charge in [0.15, 0.2) is 11.9 Å². The highest BCUT2D eigenvalue weighted by atomic mass is 35.5. The predicted octanol–water partition coefficient (Wildman–Crippen LogP) is 1.95. The SMILES string of the molecule is N[C@@]1(c2ccccc2Cl)CCC[C@@H](OO[PH](=O)O)C1=O. The zero-order valence-corrected chi connectivity index (χ0v) is 12.3. The summed E-state index contributed by atoms with van der Waals surface area (Å²) < 4.78 is 14.7. The van der Waals surface area contributed by atoms with E-state index in [1.165, 1.54) is 0 Å². The van der Waals surface area contributed by atoms with Gasteiger partial charge in [0.1, 0.15) is 5.54 Å². The fourth-order valence-electron chi connectivity index (χ4n) is 2.39. The highest BCUT2D eigenvalue weighted by Gasteiger charge is 2.45. The van der Waals surface area contributed by atoms with Gasteiger partial charge in [0.05, 0.1) is 0 Å². The van der Waals surface area contributed by atoms with E-state index in [2.05, 4.69) is 4.67 Å². The molecule has 0 aliphatic heterocycles. The molecule has 1 aromatic carbocycles. The molecule has 1 aromatic rings. The maximum absolute atomic E-state index is 12.5. The van der Waals surface area contributed by atoms with Gasteiger partial charge in [-0.05, 0) is 30.9 Å². The number of hydrogen-bond donors (Lipinski definition) is 2. The van der Waals surface area contributed by atoms with Crippen LogP contribution in [0.1, 0.15) is 24.8 Å². The summed E-state index contributed by atoms with van der Waals surface area (Å²) >= 11 is 6.10. The van der Waals surface area contributed by atoms with Crippen molar-refractivity contribution in [1.82, 2.24) is 0 Å². The Labute approximate surface area is 121 Å². The van der Waals surface area contributed by atoms with Crippen molar-refractivity contribution in [3.63, 3.8) is 0 Å². The van der Waals surface area contributed by atoms with Crippen LogP contribution in [0.5, 0.6) is 0 Å². The van der Waals surface area contributed by atoms with Crippen molar-refractivity contribution in [3.05, 3.63) is 34.9 Å². The van der Waals surface area contributed by atoms with Gasteiger partial charge < -0.3 is 10.6 Å². The third-order valence-electron chi connectivity index (χ3n) is 3.36. The van der Waals surface area contributed by atoms with Crippen LogP contribution >= 0.6 is 19.9 Å². The van der Waals surface area contributed by atoms with Gasteiger partial charge in [0, 0.05) is 5.02 Å². The first-order chi connectivity index (χ1) is 9.45. The van der Waals surface area contributed by atoms with Crippen molar-refractivity contribution < 1.29 is 23.8 Å². The van der Waals surface area contributed by atoms with E-state index < -0.39 is 25.7 Å². The highest BCUT2D eigenvalue weighted by molar-refractivity contribution is 7.31. The van der Waals surface area contributed by atoms with Crippen molar-refractivity contribution in [2.24, 2.45) is 5.73 Å².